The number of methoxy groups -OCH3 is 2. The van der Waals surface area contributed by atoms with Gasteiger partial charge < -0.3 is 19.1 Å². The van der Waals surface area contributed by atoms with Crippen LogP contribution in [0.4, 0.5) is 5.69 Å². The molecule has 0 bridgehead atoms. The van der Waals surface area contributed by atoms with Gasteiger partial charge in [0.25, 0.3) is 5.91 Å². The van der Waals surface area contributed by atoms with E-state index in [2.05, 4.69) is 0 Å². The first-order chi connectivity index (χ1) is 14.5. The third kappa shape index (κ3) is 3.61. The molecule has 2 aromatic rings. The van der Waals surface area contributed by atoms with Crippen molar-refractivity contribution >= 4 is 17.5 Å². The van der Waals surface area contributed by atoms with Gasteiger partial charge in [0.05, 0.1) is 39.5 Å². The molecule has 2 aromatic carbocycles. The van der Waals surface area contributed by atoms with Crippen LogP contribution in [0.3, 0.4) is 0 Å². The summed E-state index contributed by atoms with van der Waals surface area (Å²) >= 11 is 0. The Morgan fingerprint density at radius 3 is 2.33 bits per heavy atom. The lowest BCUT2D eigenvalue weighted by Crippen LogP contribution is -3.16. The van der Waals surface area contributed by atoms with Crippen molar-refractivity contribution in [3.05, 3.63) is 47.5 Å². The monoisotopic (exact) mass is 411 g/mol. The lowest BCUT2D eigenvalue weighted by Gasteiger charge is -2.30. The van der Waals surface area contributed by atoms with Gasteiger partial charge in [-0.2, -0.15) is 0 Å². The summed E-state index contributed by atoms with van der Waals surface area (Å²) in [7, 11) is 3.24. The molecule has 2 aliphatic rings. The van der Waals surface area contributed by atoms with Gasteiger partial charge >= 0.3 is 0 Å². The van der Waals surface area contributed by atoms with Crippen molar-refractivity contribution in [2.75, 3.05) is 32.3 Å². The number of hydrogen-bond donors (Lipinski definition) is 1. The van der Waals surface area contributed by atoms with Crippen LogP contribution in [-0.4, -0.2) is 45.2 Å². The minimum Gasteiger partial charge on any atom is -0.494 e. The average molecular weight is 411 g/mol. The van der Waals surface area contributed by atoms with E-state index in [0.29, 0.717) is 30.3 Å². The van der Waals surface area contributed by atoms with E-state index >= 15 is 0 Å². The molecule has 158 valence electrons. The van der Waals surface area contributed by atoms with Crippen LogP contribution < -0.4 is 24.0 Å². The summed E-state index contributed by atoms with van der Waals surface area (Å²) < 4.78 is 16.3. The van der Waals surface area contributed by atoms with Gasteiger partial charge in [-0.25, -0.2) is 4.90 Å². The average Bonchev–Trinajstić information content (AvgIpc) is 3.07. The lowest BCUT2D eigenvalue weighted by atomic mass is 9.97. The Hall–Kier alpha value is -3.06. The van der Waals surface area contributed by atoms with E-state index in [1.807, 2.05) is 19.1 Å². The molecule has 2 atom stereocenters. The largest absolute Gasteiger partial charge is 0.494 e. The van der Waals surface area contributed by atoms with Crippen molar-refractivity contribution in [3.8, 4) is 17.2 Å². The van der Waals surface area contributed by atoms with Crippen LogP contribution in [0.1, 0.15) is 24.5 Å². The number of carbonyl (C=O) groups is 2. The third-order valence-electron chi connectivity index (χ3n) is 5.88. The van der Waals surface area contributed by atoms with Crippen LogP contribution in [0.15, 0.2) is 36.4 Å². The highest BCUT2D eigenvalue weighted by atomic mass is 16.5. The Balaban J connectivity index is 1.53. The summed E-state index contributed by atoms with van der Waals surface area (Å²) in [6, 6.07) is 10.7. The number of nitrogens with zero attached hydrogens (tertiary/aromatic N) is 1. The number of ether oxygens (including phenoxy) is 3. The number of quaternary nitrogens is 1. The first kappa shape index (κ1) is 20.2. The zero-order valence-corrected chi connectivity index (χ0v) is 17.6. The quantitative estimate of drug-likeness (QED) is 0.728. The molecule has 7 nitrogen and oxygen atoms in total. The maximum atomic E-state index is 13.2. The van der Waals surface area contributed by atoms with Crippen molar-refractivity contribution in [1.82, 2.24) is 0 Å². The highest BCUT2D eigenvalue weighted by Crippen LogP contribution is 2.32. The summed E-state index contributed by atoms with van der Waals surface area (Å²) in [6.45, 7) is 3.95. The summed E-state index contributed by atoms with van der Waals surface area (Å²) in [5.41, 5.74) is 2.93. The zero-order valence-electron chi connectivity index (χ0n) is 17.6. The van der Waals surface area contributed by atoms with Crippen molar-refractivity contribution in [2.45, 2.75) is 32.4 Å². The minimum absolute atomic E-state index is 0.136. The molecule has 30 heavy (non-hydrogen) atoms. The highest BCUT2D eigenvalue weighted by Gasteiger charge is 2.46. The Bertz CT molecular complexity index is 957. The van der Waals surface area contributed by atoms with Crippen LogP contribution in [0.5, 0.6) is 17.2 Å². The Morgan fingerprint density at radius 2 is 1.70 bits per heavy atom. The molecule has 1 fully saturated rings. The number of hydrogen-bond acceptors (Lipinski definition) is 5. The second-order valence-electron chi connectivity index (χ2n) is 7.56. The topological polar surface area (TPSA) is 69.5 Å². The van der Waals surface area contributed by atoms with Gasteiger partial charge in [-0.3, -0.25) is 9.59 Å². The standard InChI is InChI=1S/C23H26N2O5/c1-4-30-18-7-5-17(6-8-18)25-22(26)13-19(23(25)27)24-10-9-15-11-20(28-2)21(29-3)12-16(15)14-24/h5-8,11-12,19H,4,9-10,13-14H2,1-3H3/p+1/t19-/m1/s1. The van der Waals surface area contributed by atoms with E-state index in [1.54, 1.807) is 38.5 Å². The van der Waals surface area contributed by atoms with Gasteiger partial charge in [0.1, 0.15) is 12.3 Å². The third-order valence-corrected chi connectivity index (χ3v) is 5.88. The second kappa shape index (κ2) is 8.36. The van der Waals surface area contributed by atoms with Crippen LogP contribution in [0.25, 0.3) is 0 Å². The number of benzene rings is 2. The molecule has 2 aliphatic heterocycles. The molecule has 2 heterocycles. The van der Waals surface area contributed by atoms with Gasteiger partial charge in [0.2, 0.25) is 5.91 Å². The zero-order chi connectivity index (χ0) is 21.3. The first-order valence-corrected chi connectivity index (χ1v) is 10.2. The first-order valence-electron chi connectivity index (χ1n) is 10.2. The molecule has 0 aromatic heterocycles. The molecule has 0 saturated carbocycles. The van der Waals surface area contributed by atoms with Gasteiger partial charge in [0.15, 0.2) is 17.5 Å². The molecule has 0 radical (unpaired) electrons. The Kier molecular flexibility index (Phi) is 5.63. The van der Waals surface area contributed by atoms with Gasteiger partial charge in [0, 0.05) is 12.0 Å². The highest BCUT2D eigenvalue weighted by molar-refractivity contribution is 6.21. The molecule has 1 N–H and O–H groups in total. The van der Waals surface area contributed by atoms with E-state index in [0.717, 1.165) is 29.2 Å². The van der Waals surface area contributed by atoms with Crippen molar-refractivity contribution in [1.29, 1.82) is 0 Å². The van der Waals surface area contributed by atoms with Crippen LogP contribution in [0.2, 0.25) is 0 Å². The summed E-state index contributed by atoms with van der Waals surface area (Å²) in [5.74, 6) is 1.83. The summed E-state index contributed by atoms with van der Waals surface area (Å²) in [5, 5.41) is 0. The lowest BCUT2D eigenvalue weighted by molar-refractivity contribution is -0.930. The molecule has 0 aliphatic carbocycles. The molecule has 1 saturated heterocycles. The second-order valence-corrected chi connectivity index (χ2v) is 7.56. The number of rotatable bonds is 6. The van der Waals surface area contributed by atoms with Gasteiger partial charge in [-0.05, 0) is 48.9 Å². The maximum Gasteiger partial charge on any atom is 0.292 e. The van der Waals surface area contributed by atoms with Crippen molar-refractivity contribution in [2.24, 2.45) is 0 Å². The molecular formula is C23H27N2O5+. The number of carbonyl (C=O) groups excluding carboxylic acids is 2. The Morgan fingerprint density at radius 1 is 1.03 bits per heavy atom. The SMILES string of the molecule is CCOc1ccc(N2C(=O)C[C@@H]([NH+]3CCc4cc(OC)c(OC)cc4C3)C2=O)cc1. The van der Waals surface area contributed by atoms with Gasteiger partial charge in [-0.1, -0.05) is 0 Å². The molecule has 4 rings (SSSR count). The van der Waals surface area contributed by atoms with E-state index < -0.39 is 0 Å². The predicted molar refractivity (Wildman–Crippen MR) is 111 cm³/mol. The van der Waals surface area contributed by atoms with E-state index in [4.69, 9.17) is 14.2 Å². The molecule has 2 amide bonds. The van der Waals surface area contributed by atoms with Crippen LogP contribution >= 0.6 is 0 Å². The van der Waals surface area contributed by atoms with E-state index in [-0.39, 0.29) is 24.3 Å². The van der Waals surface area contributed by atoms with Crippen molar-refractivity contribution < 1.29 is 28.7 Å². The molecule has 0 spiro atoms. The number of anilines is 1. The predicted octanol–water partition coefficient (Wildman–Crippen LogP) is 1.38. The Labute approximate surface area is 176 Å². The van der Waals surface area contributed by atoms with Crippen LogP contribution in [-0.2, 0) is 22.6 Å². The fourth-order valence-electron chi connectivity index (χ4n) is 4.37. The van der Waals surface area contributed by atoms with E-state index in [1.165, 1.54) is 10.5 Å². The molecule has 7 heteroatoms. The summed E-state index contributed by atoms with van der Waals surface area (Å²) in [6.07, 6.45) is 1.05. The number of nitrogens with one attached hydrogen (secondary N) is 1. The molecular weight excluding hydrogens is 384 g/mol. The number of amides is 2. The minimum atomic E-state index is -0.370. The normalized spacial score (nSPS) is 20.8. The number of imide groups is 1. The van der Waals surface area contributed by atoms with Crippen molar-refractivity contribution in [3.63, 3.8) is 0 Å². The fraction of sp³-hybridized carbons (Fsp3) is 0.391. The summed E-state index contributed by atoms with van der Waals surface area (Å²) in [4.78, 5) is 28.3. The fourth-order valence-corrected chi connectivity index (χ4v) is 4.37. The van der Waals surface area contributed by atoms with Crippen LogP contribution in [0, 0.1) is 0 Å². The van der Waals surface area contributed by atoms with E-state index in [9.17, 15) is 9.59 Å². The maximum absolute atomic E-state index is 13.2. The molecule has 1 unspecified atom stereocenters. The smallest absolute Gasteiger partial charge is 0.292 e. The van der Waals surface area contributed by atoms with Gasteiger partial charge in [-0.15, -0.1) is 0 Å². The number of fused-ring (bicyclic) bond motifs is 1.